The van der Waals surface area contributed by atoms with Gasteiger partial charge in [-0.05, 0) is 29.3 Å². The fraction of sp³-hybridized carbons (Fsp3) is 0.200. The lowest BCUT2D eigenvalue weighted by molar-refractivity contribution is 0.282. The minimum absolute atomic E-state index is 0.120. The highest BCUT2D eigenvalue weighted by Gasteiger charge is 1.98. The fourth-order valence-electron chi connectivity index (χ4n) is 0.982. The molecule has 0 bridgehead atoms. The lowest BCUT2D eigenvalue weighted by atomic mass is 10.1. The maximum atomic E-state index is 8.95. The number of hydrogen-bond donors (Lipinski definition) is 1. The van der Waals surface area contributed by atoms with E-state index in [0.29, 0.717) is 10.6 Å². The van der Waals surface area contributed by atoms with E-state index in [0.717, 1.165) is 5.56 Å². The number of hydrogen-bond acceptors (Lipinski definition) is 2. The molecule has 0 aromatic heterocycles. The third-order valence-corrected chi connectivity index (χ3v) is 2.03. The summed E-state index contributed by atoms with van der Waals surface area (Å²) in [5.41, 5.74) is 9.39. The van der Waals surface area contributed by atoms with Gasteiger partial charge < -0.3 is 5.11 Å². The van der Waals surface area contributed by atoms with Crippen molar-refractivity contribution in [1.82, 2.24) is 0 Å². The Labute approximate surface area is 92.1 Å². The Morgan fingerprint density at radius 1 is 1.53 bits per heavy atom. The molecule has 1 N–H and O–H groups in total. The van der Waals surface area contributed by atoms with Crippen molar-refractivity contribution in [2.24, 2.45) is 5.11 Å². The average molecular weight is 222 g/mol. The highest BCUT2D eigenvalue weighted by molar-refractivity contribution is 6.31. The van der Waals surface area contributed by atoms with Crippen molar-refractivity contribution >= 4 is 11.6 Å². The molecule has 0 aliphatic heterocycles. The number of azide groups is 1. The molecule has 76 valence electrons. The van der Waals surface area contributed by atoms with Crippen molar-refractivity contribution < 1.29 is 5.11 Å². The molecule has 4 nitrogen and oxygen atoms in total. The van der Waals surface area contributed by atoms with Crippen molar-refractivity contribution in [3.8, 4) is 11.8 Å². The zero-order valence-corrected chi connectivity index (χ0v) is 8.57. The third kappa shape index (κ3) is 3.53. The Balaban J connectivity index is 2.85. The van der Waals surface area contributed by atoms with Crippen molar-refractivity contribution in [3.63, 3.8) is 0 Å². The van der Waals surface area contributed by atoms with Gasteiger partial charge in [0, 0.05) is 15.5 Å². The highest BCUT2D eigenvalue weighted by Crippen LogP contribution is 2.16. The Morgan fingerprint density at radius 2 is 2.33 bits per heavy atom. The summed E-state index contributed by atoms with van der Waals surface area (Å²) in [6.07, 6.45) is 0. The van der Waals surface area contributed by atoms with Gasteiger partial charge in [0.15, 0.2) is 0 Å². The van der Waals surface area contributed by atoms with Crippen LogP contribution in [0.4, 0.5) is 0 Å². The Kier molecular flexibility index (Phi) is 4.52. The molecular weight excluding hydrogens is 214 g/mol. The number of aliphatic hydroxyl groups is 1. The van der Waals surface area contributed by atoms with Gasteiger partial charge in [-0.2, -0.15) is 0 Å². The van der Waals surface area contributed by atoms with Gasteiger partial charge in [0.05, 0.1) is 13.2 Å². The van der Waals surface area contributed by atoms with E-state index >= 15 is 0 Å². The average Bonchev–Trinajstić information content (AvgIpc) is 2.26. The first-order valence-electron chi connectivity index (χ1n) is 4.17. The van der Waals surface area contributed by atoms with Gasteiger partial charge in [0.1, 0.15) is 0 Å². The molecule has 1 rings (SSSR count). The molecule has 0 heterocycles. The van der Waals surface area contributed by atoms with Crippen LogP contribution in [0.25, 0.3) is 10.4 Å². The molecule has 0 fully saturated rings. The monoisotopic (exact) mass is 221 g/mol. The van der Waals surface area contributed by atoms with E-state index in [1.54, 1.807) is 18.2 Å². The topological polar surface area (TPSA) is 69.0 Å². The molecule has 0 unspecified atom stereocenters. The van der Waals surface area contributed by atoms with E-state index in [1.165, 1.54) is 0 Å². The largest absolute Gasteiger partial charge is 0.392 e. The molecule has 1 aromatic rings. The summed E-state index contributed by atoms with van der Waals surface area (Å²) < 4.78 is 0. The number of halogens is 1. The Hall–Kier alpha value is -1.66. The van der Waals surface area contributed by atoms with Crippen LogP contribution in [0.3, 0.4) is 0 Å². The summed E-state index contributed by atoms with van der Waals surface area (Å²) in [4.78, 5) is 2.58. The molecule has 5 heteroatoms. The van der Waals surface area contributed by atoms with Gasteiger partial charge >= 0.3 is 0 Å². The number of rotatable bonds is 2. The first kappa shape index (κ1) is 11.4. The van der Waals surface area contributed by atoms with E-state index in [9.17, 15) is 0 Å². The number of aliphatic hydroxyl groups excluding tert-OH is 1. The first-order valence-corrected chi connectivity index (χ1v) is 4.54. The predicted octanol–water partition coefficient (Wildman–Crippen LogP) is 2.49. The standard InChI is InChI=1S/C10H8ClN3O/c11-10-4-3-8(6-9(10)7-15)2-1-5-13-14-12/h3-4,6,15H,5,7H2. The van der Waals surface area contributed by atoms with E-state index in [-0.39, 0.29) is 13.2 Å². The predicted molar refractivity (Wildman–Crippen MR) is 58.3 cm³/mol. The maximum Gasteiger partial charge on any atom is 0.0880 e. The second-order valence-electron chi connectivity index (χ2n) is 2.66. The second kappa shape index (κ2) is 5.94. The SMILES string of the molecule is [N-]=[N+]=NCC#Cc1ccc(Cl)c(CO)c1. The van der Waals surface area contributed by atoms with Gasteiger partial charge in [0.2, 0.25) is 0 Å². The van der Waals surface area contributed by atoms with E-state index < -0.39 is 0 Å². The van der Waals surface area contributed by atoms with Crippen LogP contribution in [-0.2, 0) is 6.61 Å². The lowest BCUT2D eigenvalue weighted by Gasteiger charge is -1.99. The molecule has 0 spiro atoms. The third-order valence-electron chi connectivity index (χ3n) is 1.66. The quantitative estimate of drug-likeness (QED) is 0.355. The Morgan fingerprint density at radius 3 is 3.00 bits per heavy atom. The van der Waals surface area contributed by atoms with Crippen LogP contribution in [0.1, 0.15) is 11.1 Å². The first-order chi connectivity index (χ1) is 7.27. The van der Waals surface area contributed by atoms with Gasteiger partial charge in [-0.1, -0.05) is 28.6 Å². The van der Waals surface area contributed by atoms with Crippen LogP contribution in [0.5, 0.6) is 0 Å². The number of nitrogens with zero attached hydrogens (tertiary/aromatic N) is 3. The summed E-state index contributed by atoms with van der Waals surface area (Å²) in [6.45, 7) is 0.0122. The summed E-state index contributed by atoms with van der Waals surface area (Å²) in [5.74, 6) is 5.48. The summed E-state index contributed by atoms with van der Waals surface area (Å²) in [7, 11) is 0. The minimum Gasteiger partial charge on any atom is -0.392 e. The van der Waals surface area contributed by atoms with Crippen LogP contribution >= 0.6 is 11.6 Å². The van der Waals surface area contributed by atoms with E-state index in [1.807, 2.05) is 0 Å². The summed E-state index contributed by atoms with van der Waals surface area (Å²) >= 11 is 5.81. The van der Waals surface area contributed by atoms with Crippen molar-refractivity contribution in [3.05, 3.63) is 44.8 Å². The van der Waals surface area contributed by atoms with Gasteiger partial charge in [-0.3, -0.25) is 0 Å². The van der Waals surface area contributed by atoms with Crippen LogP contribution in [0.15, 0.2) is 23.3 Å². The molecule has 0 radical (unpaired) electrons. The maximum absolute atomic E-state index is 8.95. The van der Waals surface area contributed by atoms with Crippen LogP contribution in [-0.4, -0.2) is 11.7 Å². The van der Waals surface area contributed by atoms with Crippen LogP contribution in [0.2, 0.25) is 5.02 Å². The molecule has 15 heavy (non-hydrogen) atoms. The van der Waals surface area contributed by atoms with Gasteiger partial charge in [0.25, 0.3) is 0 Å². The highest BCUT2D eigenvalue weighted by atomic mass is 35.5. The fourth-order valence-corrected chi connectivity index (χ4v) is 1.16. The second-order valence-corrected chi connectivity index (χ2v) is 3.06. The molecule has 0 aliphatic rings. The van der Waals surface area contributed by atoms with Crippen molar-refractivity contribution in [2.75, 3.05) is 6.54 Å². The smallest absolute Gasteiger partial charge is 0.0880 e. The Bertz CT molecular complexity index is 455. The van der Waals surface area contributed by atoms with E-state index in [4.69, 9.17) is 22.2 Å². The molecule has 1 aromatic carbocycles. The molecule has 0 saturated heterocycles. The molecular formula is C10H8ClN3O. The minimum atomic E-state index is -0.120. The number of benzene rings is 1. The molecule has 0 atom stereocenters. The van der Waals surface area contributed by atoms with Crippen LogP contribution in [0, 0.1) is 11.8 Å². The van der Waals surface area contributed by atoms with Gasteiger partial charge in [-0.15, -0.1) is 0 Å². The molecule has 0 saturated carbocycles. The van der Waals surface area contributed by atoms with Crippen molar-refractivity contribution in [2.45, 2.75) is 6.61 Å². The summed E-state index contributed by atoms with van der Waals surface area (Å²) in [6, 6.07) is 5.11. The zero-order chi connectivity index (χ0) is 11.1. The molecule has 0 aliphatic carbocycles. The van der Waals surface area contributed by atoms with E-state index in [2.05, 4.69) is 21.9 Å². The summed E-state index contributed by atoms with van der Waals surface area (Å²) in [5, 5.41) is 12.7. The van der Waals surface area contributed by atoms with Crippen molar-refractivity contribution in [1.29, 1.82) is 0 Å². The van der Waals surface area contributed by atoms with Crippen LogP contribution < -0.4 is 0 Å². The zero-order valence-electron chi connectivity index (χ0n) is 7.81. The lowest BCUT2D eigenvalue weighted by Crippen LogP contribution is -1.86. The normalized spacial score (nSPS) is 8.67. The van der Waals surface area contributed by atoms with Gasteiger partial charge in [-0.25, -0.2) is 0 Å². The molecule has 0 amide bonds.